The number of hydrogen-bond donors (Lipinski definition) is 0. The van der Waals surface area contributed by atoms with Gasteiger partial charge in [-0.25, -0.2) is 0 Å². The van der Waals surface area contributed by atoms with E-state index in [4.69, 9.17) is 0 Å². The molecular weight excluding hydrogens is 252 g/mol. The van der Waals surface area contributed by atoms with Crippen LogP contribution in [-0.2, 0) is 0 Å². The summed E-state index contributed by atoms with van der Waals surface area (Å²) in [6.07, 6.45) is 1.27. The molecule has 2 nitrogen and oxygen atoms in total. The maximum Gasteiger partial charge on any atom is 0.0367 e. The summed E-state index contributed by atoms with van der Waals surface area (Å²) in [4.78, 5) is 4.77. The third-order valence-corrected chi connectivity index (χ3v) is 3.61. The molecule has 1 unspecified atom stereocenters. The molecule has 0 aliphatic carbocycles. The summed E-state index contributed by atoms with van der Waals surface area (Å²) in [6, 6.07) is 9.29. The van der Waals surface area contributed by atoms with Crippen LogP contribution < -0.4 is 4.90 Å². The zero-order valence-corrected chi connectivity index (χ0v) is 10.9. The average Bonchev–Trinajstić information content (AvgIpc) is 2.68. The van der Waals surface area contributed by atoms with Crippen molar-refractivity contribution < 1.29 is 0 Å². The smallest absolute Gasteiger partial charge is 0.0367 e. The minimum Gasteiger partial charge on any atom is -0.370 e. The molecule has 1 aliphatic rings. The fourth-order valence-electron chi connectivity index (χ4n) is 2.05. The van der Waals surface area contributed by atoms with Gasteiger partial charge in [0.25, 0.3) is 0 Å². The van der Waals surface area contributed by atoms with Gasteiger partial charge in [-0.15, -0.1) is 0 Å². The van der Waals surface area contributed by atoms with Crippen LogP contribution in [0.1, 0.15) is 6.42 Å². The molecule has 0 amide bonds. The van der Waals surface area contributed by atoms with E-state index in [-0.39, 0.29) is 0 Å². The number of halogens is 1. The zero-order valence-electron chi connectivity index (χ0n) is 9.28. The van der Waals surface area contributed by atoms with E-state index in [9.17, 15) is 0 Å². The van der Waals surface area contributed by atoms with Gasteiger partial charge in [0.1, 0.15) is 0 Å². The first kappa shape index (κ1) is 11.0. The molecule has 0 saturated carbocycles. The molecule has 15 heavy (non-hydrogen) atoms. The first-order valence-corrected chi connectivity index (χ1v) is 6.13. The van der Waals surface area contributed by atoms with Gasteiger partial charge in [-0.05, 0) is 44.8 Å². The van der Waals surface area contributed by atoms with Gasteiger partial charge >= 0.3 is 0 Å². The fraction of sp³-hybridized carbons (Fsp3) is 0.500. The van der Waals surface area contributed by atoms with Crippen LogP contribution in [0, 0.1) is 0 Å². The van der Waals surface area contributed by atoms with Gasteiger partial charge in [-0.1, -0.05) is 15.9 Å². The van der Waals surface area contributed by atoms with Crippen LogP contribution in [0.5, 0.6) is 0 Å². The van der Waals surface area contributed by atoms with Crippen molar-refractivity contribution in [1.29, 1.82) is 0 Å². The lowest BCUT2D eigenvalue weighted by molar-refractivity contribution is 0.315. The normalized spacial score (nSPS) is 21.3. The second-order valence-corrected chi connectivity index (χ2v) is 5.24. The number of rotatable bonds is 2. The SMILES string of the molecule is CN(C)C1CCN(c2ccc(Br)cc2)C1. The van der Waals surface area contributed by atoms with E-state index in [2.05, 4.69) is 64.1 Å². The predicted octanol–water partition coefficient (Wildman–Crippen LogP) is 2.59. The number of benzene rings is 1. The van der Waals surface area contributed by atoms with Crippen molar-refractivity contribution in [3.05, 3.63) is 28.7 Å². The molecule has 0 bridgehead atoms. The third-order valence-electron chi connectivity index (χ3n) is 3.09. The second-order valence-electron chi connectivity index (χ2n) is 4.33. The Labute approximate surface area is 100 Å². The molecule has 1 aromatic carbocycles. The van der Waals surface area contributed by atoms with E-state index in [1.54, 1.807) is 0 Å². The lowest BCUT2D eigenvalue weighted by Crippen LogP contribution is -2.31. The van der Waals surface area contributed by atoms with Crippen molar-refractivity contribution in [3.8, 4) is 0 Å². The number of likely N-dealkylation sites (N-methyl/N-ethyl adjacent to an activating group) is 1. The Balaban J connectivity index is 2.04. The van der Waals surface area contributed by atoms with Gasteiger partial charge in [0.15, 0.2) is 0 Å². The van der Waals surface area contributed by atoms with Gasteiger partial charge in [-0.2, -0.15) is 0 Å². The second kappa shape index (κ2) is 4.54. The topological polar surface area (TPSA) is 6.48 Å². The Bertz CT molecular complexity index is 321. The average molecular weight is 269 g/mol. The fourth-order valence-corrected chi connectivity index (χ4v) is 2.31. The van der Waals surface area contributed by atoms with E-state index >= 15 is 0 Å². The van der Waals surface area contributed by atoms with Gasteiger partial charge in [0.2, 0.25) is 0 Å². The molecule has 0 aromatic heterocycles. The van der Waals surface area contributed by atoms with E-state index in [1.807, 2.05) is 0 Å². The highest BCUT2D eigenvalue weighted by atomic mass is 79.9. The zero-order chi connectivity index (χ0) is 10.8. The van der Waals surface area contributed by atoms with E-state index in [0.29, 0.717) is 6.04 Å². The molecule has 1 atom stereocenters. The molecule has 0 N–H and O–H groups in total. The molecule has 1 aromatic rings. The highest BCUT2D eigenvalue weighted by molar-refractivity contribution is 9.10. The summed E-state index contributed by atoms with van der Waals surface area (Å²) in [5, 5.41) is 0. The molecule has 1 heterocycles. The molecule has 82 valence electrons. The van der Waals surface area contributed by atoms with Crippen molar-refractivity contribution in [3.63, 3.8) is 0 Å². The molecule has 0 spiro atoms. The van der Waals surface area contributed by atoms with Gasteiger partial charge in [0.05, 0.1) is 0 Å². The van der Waals surface area contributed by atoms with Gasteiger partial charge < -0.3 is 9.80 Å². The molecule has 0 radical (unpaired) electrons. The monoisotopic (exact) mass is 268 g/mol. The minimum absolute atomic E-state index is 0.702. The highest BCUT2D eigenvalue weighted by Gasteiger charge is 2.23. The lowest BCUT2D eigenvalue weighted by Gasteiger charge is -2.21. The quantitative estimate of drug-likeness (QED) is 0.814. The molecule has 2 rings (SSSR count). The minimum atomic E-state index is 0.702. The van der Waals surface area contributed by atoms with Gasteiger partial charge in [-0.3, -0.25) is 0 Å². The van der Waals surface area contributed by atoms with Gasteiger partial charge in [0, 0.05) is 29.3 Å². The highest BCUT2D eigenvalue weighted by Crippen LogP contribution is 2.23. The Kier molecular flexibility index (Phi) is 3.32. The van der Waals surface area contributed by atoms with Crippen molar-refractivity contribution in [2.75, 3.05) is 32.1 Å². The Morgan fingerprint density at radius 3 is 2.47 bits per heavy atom. The maximum absolute atomic E-state index is 3.46. The van der Waals surface area contributed by atoms with Crippen molar-refractivity contribution in [2.24, 2.45) is 0 Å². The molecule has 1 fully saturated rings. The van der Waals surface area contributed by atoms with E-state index in [1.165, 1.54) is 18.7 Å². The van der Waals surface area contributed by atoms with E-state index < -0.39 is 0 Å². The maximum atomic E-state index is 3.46. The van der Waals surface area contributed by atoms with Crippen LogP contribution in [-0.4, -0.2) is 38.1 Å². The standard InChI is InChI=1S/C12H17BrN2/c1-14(2)12-7-8-15(9-12)11-5-3-10(13)4-6-11/h3-6,12H,7-9H2,1-2H3. The first-order chi connectivity index (χ1) is 7.16. The van der Waals surface area contributed by atoms with Crippen LogP contribution in [0.3, 0.4) is 0 Å². The third kappa shape index (κ3) is 2.52. The molecule has 1 aliphatic heterocycles. The largest absolute Gasteiger partial charge is 0.370 e. The van der Waals surface area contributed by atoms with Crippen LogP contribution in [0.4, 0.5) is 5.69 Å². The summed E-state index contributed by atoms with van der Waals surface area (Å²) in [7, 11) is 4.32. The lowest BCUT2D eigenvalue weighted by atomic mass is 10.2. The van der Waals surface area contributed by atoms with Crippen LogP contribution in [0.25, 0.3) is 0 Å². The van der Waals surface area contributed by atoms with Crippen molar-refractivity contribution in [1.82, 2.24) is 4.90 Å². The van der Waals surface area contributed by atoms with Crippen molar-refractivity contribution in [2.45, 2.75) is 12.5 Å². The summed E-state index contributed by atoms with van der Waals surface area (Å²) in [5.41, 5.74) is 1.34. The Hall–Kier alpha value is -0.540. The summed E-state index contributed by atoms with van der Waals surface area (Å²) in [5.74, 6) is 0. The summed E-state index contributed by atoms with van der Waals surface area (Å²) >= 11 is 3.46. The number of anilines is 1. The molecule has 3 heteroatoms. The summed E-state index contributed by atoms with van der Waals surface area (Å²) in [6.45, 7) is 2.32. The summed E-state index contributed by atoms with van der Waals surface area (Å²) < 4.78 is 1.15. The molecular formula is C12H17BrN2. The molecule has 1 saturated heterocycles. The van der Waals surface area contributed by atoms with Crippen LogP contribution in [0.2, 0.25) is 0 Å². The number of hydrogen-bond acceptors (Lipinski definition) is 2. The number of nitrogens with zero attached hydrogens (tertiary/aromatic N) is 2. The predicted molar refractivity (Wildman–Crippen MR) is 68.4 cm³/mol. The Morgan fingerprint density at radius 1 is 1.27 bits per heavy atom. The first-order valence-electron chi connectivity index (χ1n) is 5.34. The van der Waals surface area contributed by atoms with Crippen molar-refractivity contribution >= 4 is 21.6 Å². The van der Waals surface area contributed by atoms with E-state index in [0.717, 1.165) is 11.0 Å². The van der Waals surface area contributed by atoms with Crippen LogP contribution in [0.15, 0.2) is 28.7 Å². The Morgan fingerprint density at radius 2 is 1.93 bits per heavy atom. The van der Waals surface area contributed by atoms with Crippen LogP contribution >= 0.6 is 15.9 Å².